The number of fused-ring (bicyclic) bond motifs is 1. The van der Waals surface area contributed by atoms with Crippen LogP contribution in [0.25, 0.3) is 5.65 Å². The van der Waals surface area contributed by atoms with Crippen molar-refractivity contribution < 1.29 is 19.1 Å². The highest BCUT2D eigenvalue weighted by Crippen LogP contribution is 2.25. The van der Waals surface area contributed by atoms with Crippen molar-refractivity contribution in [2.24, 2.45) is 0 Å². The standard InChI is InChI=1S/C33H40N8O4/c1-33(2,3)25-10-6-23(7-11-25)22-45-32(43)36-27-5-4-15-40(21-27)31-37-28(29-34-14-16-41(29)38-31)35-26-12-8-24(9-13-26)30(42)39-17-19-44-20-18-39/h6-14,16,27H,4-5,15,17-22H2,1-3H3,(H,36,43)(H,35,37,38)/t27-/m1/s1. The van der Waals surface area contributed by atoms with Gasteiger partial charge in [0, 0.05) is 55.9 Å². The Morgan fingerprint density at radius 1 is 1.02 bits per heavy atom. The van der Waals surface area contributed by atoms with E-state index in [9.17, 15) is 9.59 Å². The van der Waals surface area contributed by atoms with E-state index in [2.05, 4.69) is 58.5 Å². The molecule has 2 saturated heterocycles. The van der Waals surface area contributed by atoms with Gasteiger partial charge in [-0.05, 0) is 53.6 Å². The lowest BCUT2D eigenvalue weighted by molar-refractivity contribution is 0.0303. The second kappa shape index (κ2) is 13.1. The fourth-order valence-corrected chi connectivity index (χ4v) is 5.55. The molecule has 236 valence electrons. The third-order valence-electron chi connectivity index (χ3n) is 8.15. The number of ether oxygens (including phenoxy) is 2. The first-order valence-electron chi connectivity index (χ1n) is 15.5. The van der Waals surface area contributed by atoms with Crippen molar-refractivity contribution in [1.29, 1.82) is 0 Å². The SMILES string of the molecule is CC(C)(C)c1ccc(COC(=O)N[C@@H]2CCCN(c3nc(Nc4ccc(C(=O)N5CCOCC5)cc4)c4nccn4n3)C2)cc1. The molecule has 0 aliphatic carbocycles. The molecule has 4 heterocycles. The average Bonchev–Trinajstić information content (AvgIpc) is 3.54. The Morgan fingerprint density at radius 3 is 2.51 bits per heavy atom. The van der Waals surface area contributed by atoms with E-state index >= 15 is 0 Å². The number of carbonyl (C=O) groups excluding carboxylic acids is 2. The molecule has 6 rings (SSSR count). The molecular weight excluding hydrogens is 572 g/mol. The normalized spacial score (nSPS) is 17.3. The van der Waals surface area contributed by atoms with Crippen molar-refractivity contribution in [2.45, 2.75) is 51.7 Å². The number of nitrogens with zero attached hydrogens (tertiary/aromatic N) is 6. The van der Waals surface area contributed by atoms with Gasteiger partial charge in [0.15, 0.2) is 11.5 Å². The second-order valence-electron chi connectivity index (χ2n) is 12.5. The Balaban J connectivity index is 1.08. The molecule has 2 aromatic heterocycles. The molecule has 12 heteroatoms. The van der Waals surface area contributed by atoms with Crippen LogP contribution in [0.4, 0.5) is 22.2 Å². The monoisotopic (exact) mass is 612 g/mol. The van der Waals surface area contributed by atoms with Gasteiger partial charge in [-0.25, -0.2) is 14.3 Å². The van der Waals surface area contributed by atoms with E-state index in [-0.39, 0.29) is 24.0 Å². The molecule has 2 amide bonds. The molecule has 2 aromatic carbocycles. The molecule has 0 spiro atoms. The summed E-state index contributed by atoms with van der Waals surface area (Å²) in [5, 5.41) is 11.1. The predicted octanol–water partition coefficient (Wildman–Crippen LogP) is 4.53. The van der Waals surface area contributed by atoms with Crippen LogP contribution in [-0.4, -0.2) is 81.9 Å². The van der Waals surface area contributed by atoms with Gasteiger partial charge in [0.2, 0.25) is 5.95 Å². The number of anilines is 3. The number of hydrogen-bond acceptors (Lipinski definition) is 9. The largest absolute Gasteiger partial charge is 0.445 e. The number of alkyl carbamates (subject to hydrolysis) is 1. The smallest absolute Gasteiger partial charge is 0.407 e. The Bertz CT molecular complexity index is 1630. The first-order valence-corrected chi connectivity index (χ1v) is 15.5. The molecule has 1 atom stereocenters. The summed E-state index contributed by atoms with van der Waals surface area (Å²) in [4.78, 5) is 38.6. The lowest BCUT2D eigenvalue weighted by Gasteiger charge is -2.33. The van der Waals surface area contributed by atoms with E-state index < -0.39 is 6.09 Å². The van der Waals surface area contributed by atoms with Crippen molar-refractivity contribution in [3.63, 3.8) is 0 Å². The van der Waals surface area contributed by atoms with Crippen molar-refractivity contribution in [3.05, 3.63) is 77.6 Å². The number of nitrogens with one attached hydrogen (secondary N) is 2. The Labute approximate surface area is 262 Å². The Kier molecular flexibility index (Phi) is 8.83. The van der Waals surface area contributed by atoms with E-state index in [1.807, 2.05) is 41.3 Å². The molecule has 2 aliphatic rings. The molecule has 12 nitrogen and oxygen atoms in total. The zero-order chi connectivity index (χ0) is 31.4. The maximum atomic E-state index is 12.8. The molecule has 4 aromatic rings. The van der Waals surface area contributed by atoms with E-state index in [0.29, 0.717) is 55.8 Å². The highest BCUT2D eigenvalue weighted by molar-refractivity contribution is 5.94. The van der Waals surface area contributed by atoms with Gasteiger partial charge in [-0.1, -0.05) is 45.0 Å². The number of rotatable bonds is 7. The summed E-state index contributed by atoms with van der Waals surface area (Å²) in [5.41, 5.74) is 4.24. The minimum Gasteiger partial charge on any atom is -0.445 e. The lowest BCUT2D eigenvalue weighted by Crippen LogP contribution is -2.48. The van der Waals surface area contributed by atoms with Crippen LogP contribution in [0, 0.1) is 0 Å². The maximum absolute atomic E-state index is 12.8. The van der Waals surface area contributed by atoms with E-state index in [1.54, 1.807) is 16.9 Å². The minimum atomic E-state index is -0.439. The Morgan fingerprint density at radius 2 is 1.78 bits per heavy atom. The number of amides is 2. The first-order chi connectivity index (χ1) is 21.7. The van der Waals surface area contributed by atoms with Crippen LogP contribution < -0.4 is 15.5 Å². The van der Waals surface area contributed by atoms with Crippen LogP contribution in [0.1, 0.15) is 55.1 Å². The average molecular weight is 613 g/mol. The van der Waals surface area contributed by atoms with Gasteiger partial charge >= 0.3 is 6.09 Å². The van der Waals surface area contributed by atoms with Gasteiger partial charge in [-0.2, -0.15) is 4.98 Å². The minimum absolute atomic E-state index is 0.00304. The molecule has 0 unspecified atom stereocenters. The number of morpholine rings is 1. The lowest BCUT2D eigenvalue weighted by atomic mass is 9.87. The third-order valence-corrected chi connectivity index (χ3v) is 8.15. The van der Waals surface area contributed by atoms with Gasteiger partial charge in [-0.3, -0.25) is 4.79 Å². The van der Waals surface area contributed by atoms with Crippen molar-refractivity contribution in [2.75, 3.05) is 49.6 Å². The number of benzene rings is 2. The topological polar surface area (TPSA) is 126 Å². The van der Waals surface area contributed by atoms with Gasteiger partial charge in [0.25, 0.3) is 5.91 Å². The number of hydrogen-bond donors (Lipinski definition) is 2. The summed E-state index contributed by atoms with van der Waals surface area (Å²) >= 11 is 0. The number of aromatic nitrogens is 4. The molecular formula is C33H40N8O4. The summed E-state index contributed by atoms with van der Waals surface area (Å²) in [7, 11) is 0. The quantitative estimate of drug-likeness (QED) is 0.310. The number of piperidine rings is 1. The maximum Gasteiger partial charge on any atom is 0.407 e. The van der Waals surface area contributed by atoms with E-state index in [4.69, 9.17) is 14.5 Å². The van der Waals surface area contributed by atoms with Gasteiger partial charge in [0.1, 0.15) is 6.61 Å². The summed E-state index contributed by atoms with van der Waals surface area (Å²) < 4.78 is 12.6. The van der Waals surface area contributed by atoms with Crippen LogP contribution in [-0.2, 0) is 21.5 Å². The van der Waals surface area contributed by atoms with Crippen molar-refractivity contribution >= 4 is 35.1 Å². The fraction of sp³-hybridized carbons (Fsp3) is 0.424. The van der Waals surface area contributed by atoms with Crippen molar-refractivity contribution in [3.8, 4) is 0 Å². The molecule has 2 N–H and O–H groups in total. The van der Waals surface area contributed by atoms with Gasteiger partial charge in [-0.15, -0.1) is 5.10 Å². The van der Waals surface area contributed by atoms with Crippen LogP contribution in [0.3, 0.4) is 0 Å². The predicted molar refractivity (Wildman–Crippen MR) is 171 cm³/mol. The molecule has 0 saturated carbocycles. The van der Waals surface area contributed by atoms with Crippen molar-refractivity contribution in [1.82, 2.24) is 29.8 Å². The highest BCUT2D eigenvalue weighted by atomic mass is 16.5. The van der Waals surface area contributed by atoms with Gasteiger partial charge < -0.3 is 29.9 Å². The van der Waals surface area contributed by atoms with Crippen LogP contribution in [0.15, 0.2) is 60.9 Å². The molecule has 45 heavy (non-hydrogen) atoms. The molecule has 2 fully saturated rings. The first kappa shape index (κ1) is 30.3. The number of carbonyl (C=O) groups is 2. The molecule has 2 aliphatic heterocycles. The highest BCUT2D eigenvalue weighted by Gasteiger charge is 2.25. The molecule has 0 bridgehead atoms. The fourth-order valence-electron chi connectivity index (χ4n) is 5.55. The second-order valence-corrected chi connectivity index (χ2v) is 12.5. The third kappa shape index (κ3) is 7.34. The van der Waals surface area contributed by atoms with Crippen LogP contribution in [0.2, 0.25) is 0 Å². The Hall–Kier alpha value is -4.71. The van der Waals surface area contributed by atoms with Crippen LogP contribution >= 0.6 is 0 Å². The van der Waals surface area contributed by atoms with Crippen LogP contribution in [0.5, 0.6) is 0 Å². The van der Waals surface area contributed by atoms with E-state index in [1.165, 1.54) is 5.56 Å². The van der Waals surface area contributed by atoms with Gasteiger partial charge in [0.05, 0.1) is 13.2 Å². The summed E-state index contributed by atoms with van der Waals surface area (Å²) in [6.07, 6.45) is 4.72. The summed E-state index contributed by atoms with van der Waals surface area (Å²) in [6, 6.07) is 15.4. The zero-order valence-corrected chi connectivity index (χ0v) is 26.0. The molecule has 0 radical (unpaired) electrons. The van der Waals surface area contributed by atoms with E-state index in [0.717, 1.165) is 30.6 Å². The zero-order valence-electron chi connectivity index (χ0n) is 26.0. The summed E-state index contributed by atoms with van der Waals surface area (Å²) in [5.74, 6) is 1.07. The summed E-state index contributed by atoms with van der Waals surface area (Å²) in [6.45, 7) is 10.4. The number of imidazole rings is 1.